The molecule has 1 heterocycles. The molecule has 158 valence electrons. The molecule has 0 aliphatic heterocycles. The zero-order valence-corrected chi connectivity index (χ0v) is 18.7. The molecule has 0 saturated carbocycles. The van der Waals surface area contributed by atoms with Crippen molar-refractivity contribution >= 4 is 46.6 Å². The lowest BCUT2D eigenvalue weighted by atomic mass is 10.2. The highest BCUT2D eigenvalue weighted by molar-refractivity contribution is 8.00. The molecule has 1 aromatic heterocycles. The van der Waals surface area contributed by atoms with Crippen molar-refractivity contribution in [3.8, 4) is 22.9 Å². The number of amides is 1. The lowest BCUT2D eigenvalue weighted by molar-refractivity contribution is -0.115. The summed E-state index contributed by atoms with van der Waals surface area (Å²) in [4.78, 5) is 12.6. The van der Waals surface area contributed by atoms with Gasteiger partial charge < -0.3 is 20.6 Å². The molecule has 1 atom stereocenters. The highest BCUT2D eigenvalue weighted by atomic mass is 35.5. The number of anilines is 1. The quantitative estimate of drug-likeness (QED) is 0.397. The summed E-state index contributed by atoms with van der Waals surface area (Å²) in [6, 6.07) is 10.3. The number of aromatic nitrogens is 3. The highest BCUT2D eigenvalue weighted by Crippen LogP contribution is 2.33. The van der Waals surface area contributed by atoms with Crippen molar-refractivity contribution in [1.82, 2.24) is 14.9 Å². The lowest BCUT2D eigenvalue weighted by Crippen LogP contribution is -2.23. The van der Waals surface area contributed by atoms with Gasteiger partial charge in [-0.3, -0.25) is 4.79 Å². The monoisotopic (exact) mass is 467 g/mol. The van der Waals surface area contributed by atoms with Crippen LogP contribution in [0.2, 0.25) is 10.0 Å². The van der Waals surface area contributed by atoms with E-state index in [1.807, 2.05) is 0 Å². The fraction of sp³-hybridized carbons (Fsp3) is 0.211. The number of rotatable bonds is 7. The van der Waals surface area contributed by atoms with Crippen molar-refractivity contribution in [1.29, 1.82) is 0 Å². The summed E-state index contributed by atoms with van der Waals surface area (Å²) >= 11 is 13.3. The number of halogens is 2. The van der Waals surface area contributed by atoms with Gasteiger partial charge in [0.2, 0.25) is 11.1 Å². The fourth-order valence-corrected chi connectivity index (χ4v) is 3.69. The third kappa shape index (κ3) is 4.58. The number of hydrogen-bond acceptors (Lipinski definition) is 7. The Bertz CT molecular complexity index is 1080. The van der Waals surface area contributed by atoms with Crippen LogP contribution in [0.15, 0.2) is 41.6 Å². The number of nitrogens with one attached hydrogen (secondary N) is 1. The Kier molecular flexibility index (Phi) is 6.96. The van der Waals surface area contributed by atoms with Crippen LogP contribution in [0.4, 0.5) is 5.69 Å². The van der Waals surface area contributed by atoms with E-state index in [1.54, 1.807) is 57.5 Å². The normalized spacial score (nSPS) is 11.8. The lowest BCUT2D eigenvalue weighted by Gasteiger charge is -2.13. The molecule has 0 bridgehead atoms. The van der Waals surface area contributed by atoms with Gasteiger partial charge in [0.15, 0.2) is 17.3 Å². The van der Waals surface area contributed by atoms with Crippen LogP contribution < -0.4 is 20.6 Å². The van der Waals surface area contributed by atoms with Crippen LogP contribution in [0.5, 0.6) is 11.5 Å². The summed E-state index contributed by atoms with van der Waals surface area (Å²) in [5, 5.41) is 11.5. The van der Waals surface area contributed by atoms with Crippen LogP contribution in [0, 0.1) is 0 Å². The minimum atomic E-state index is -0.523. The Morgan fingerprint density at radius 1 is 1.17 bits per heavy atom. The van der Waals surface area contributed by atoms with Crippen LogP contribution in [-0.2, 0) is 4.79 Å². The van der Waals surface area contributed by atoms with Gasteiger partial charge in [0.25, 0.3) is 0 Å². The van der Waals surface area contributed by atoms with Crippen LogP contribution in [0.1, 0.15) is 6.92 Å². The van der Waals surface area contributed by atoms with E-state index >= 15 is 0 Å². The van der Waals surface area contributed by atoms with Gasteiger partial charge in [-0.1, -0.05) is 41.0 Å². The summed E-state index contributed by atoms with van der Waals surface area (Å²) in [5.74, 6) is 7.44. The van der Waals surface area contributed by atoms with Gasteiger partial charge in [-0.05, 0) is 37.3 Å². The van der Waals surface area contributed by atoms with Crippen molar-refractivity contribution in [2.45, 2.75) is 17.3 Å². The maximum Gasteiger partial charge on any atom is 0.237 e. The third-order valence-corrected chi connectivity index (χ3v) is 6.04. The topological polar surface area (TPSA) is 104 Å². The minimum Gasteiger partial charge on any atom is -0.493 e. The predicted octanol–water partition coefficient (Wildman–Crippen LogP) is 4.10. The highest BCUT2D eigenvalue weighted by Gasteiger charge is 2.21. The van der Waals surface area contributed by atoms with E-state index < -0.39 is 5.25 Å². The summed E-state index contributed by atoms with van der Waals surface area (Å²) < 4.78 is 11.9. The van der Waals surface area contributed by atoms with Crippen LogP contribution in [0.3, 0.4) is 0 Å². The van der Waals surface area contributed by atoms with E-state index in [2.05, 4.69) is 15.5 Å². The van der Waals surface area contributed by atoms with Crippen molar-refractivity contribution < 1.29 is 14.3 Å². The maximum atomic E-state index is 12.6. The number of nitrogens with zero attached hydrogens (tertiary/aromatic N) is 3. The Hall–Kier alpha value is -2.62. The largest absolute Gasteiger partial charge is 0.493 e. The van der Waals surface area contributed by atoms with Crippen molar-refractivity contribution in [3.05, 3.63) is 46.4 Å². The minimum absolute atomic E-state index is 0.278. The molecule has 0 fully saturated rings. The third-order valence-electron chi connectivity index (χ3n) is 4.17. The molecule has 0 aliphatic carbocycles. The molecule has 0 aliphatic rings. The number of carbonyl (C=O) groups excluding carboxylic acids is 1. The zero-order valence-electron chi connectivity index (χ0n) is 16.3. The molecule has 3 aromatic rings. The molecular weight excluding hydrogens is 449 g/mol. The van der Waals surface area contributed by atoms with Gasteiger partial charge in [-0.25, -0.2) is 4.68 Å². The molecule has 2 aromatic carbocycles. The SMILES string of the molecule is COc1ccc(-c2nnc(S[C@@H](C)C(=O)Nc3cccc(Cl)c3Cl)n2N)cc1OC. The standard InChI is InChI=1S/C19H19Cl2N5O3S/c1-10(18(27)23-13-6-4-5-12(20)16(13)21)30-19-25-24-17(26(19)22)11-7-8-14(28-2)15(9-11)29-3/h4-10H,22H2,1-3H3,(H,23,27)/t10-/m0/s1. The fourth-order valence-electron chi connectivity index (χ4n) is 2.58. The first-order valence-electron chi connectivity index (χ1n) is 8.70. The number of ether oxygens (including phenoxy) is 2. The number of nitrogens with two attached hydrogens (primary N) is 1. The van der Waals surface area contributed by atoms with Crippen molar-refractivity contribution in [2.75, 3.05) is 25.4 Å². The van der Waals surface area contributed by atoms with Crippen molar-refractivity contribution in [2.24, 2.45) is 0 Å². The predicted molar refractivity (Wildman–Crippen MR) is 119 cm³/mol. The van der Waals surface area contributed by atoms with Gasteiger partial charge in [-0.15, -0.1) is 10.2 Å². The first-order chi connectivity index (χ1) is 14.3. The van der Waals surface area contributed by atoms with Crippen LogP contribution in [0.25, 0.3) is 11.4 Å². The zero-order chi connectivity index (χ0) is 21.8. The summed E-state index contributed by atoms with van der Waals surface area (Å²) in [5.41, 5.74) is 1.12. The molecule has 8 nitrogen and oxygen atoms in total. The van der Waals surface area contributed by atoms with Crippen molar-refractivity contribution in [3.63, 3.8) is 0 Å². The van der Waals surface area contributed by atoms with Gasteiger partial charge in [0.1, 0.15) is 0 Å². The van der Waals surface area contributed by atoms with E-state index in [0.717, 1.165) is 11.8 Å². The average Bonchev–Trinajstić information content (AvgIpc) is 3.10. The first kappa shape index (κ1) is 22.1. The molecule has 0 spiro atoms. The van der Waals surface area contributed by atoms with Gasteiger partial charge in [0, 0.05) is 5.56 Å². The number of hydrogen-bond donors (Lipinski definition) is 2. The molecule has 11 heteroatoms. The number of thioether (sulfide) groups is 1. The van der Waals surface area contributed by atoms with Crippen LogP contribution >= 0.6 is 35.0 Å². The molecule has 3 N–H and O–H groups in total. The van der Waals surface area contributed by atoms with Gasteiger partial charge in [0.05, 0.1) is 35.2 Å². The van der Waals surface area contributed by atoms with E-state index in [1.165, 1.54) is 4.68 Å². The number of benzene rings is 2. The van der Waals surface area contributed by atoms with E-state index in [4.69, 9.17) is 38.5 Å². The van der Waals surface area contributed by atoms with Gasteiger partial charge >= 0.3 is 0 Å². The average molecular weight is 468 g/mol. The molecule has 0 saturated heterocycles. The first-order valence-corrected chi connectivity index (χ1v) is 10.3. The van der Waals surface area contributed by atoms with Crippen LogP contribution in [-0.4, -0.2) is 40.3 Å². The molecule has 0 unspecified atom stereocenters. The molecule has 0 radical (unpaired) electrons. The van der Waals surface area contributed by atoms with E-state index in [-0.39, 0.29) is 10.9 Å². The number of methoxy groups -OCH3 is 2. The molecule has 3 rings (SSSR count). The summed E-state index contributed by atoms with van der Waals surface area (Å²) in [6.45, 7) is 1.73. The maximum absolute atomic E-state index is 12.6. The second-order valence-corrected chi connectivity index (χ2v) is 8.19. The van der Waals surface area contributed by atoms with E-state index in [9.17, 15) is 4.79 Å². The molecular formula is C19H19Cl2N5O3S. The van der Waals surface area contributed by atoms with Gasteiger partial charge in [-0.2, -0.15) is 0 Å². The summed E-state index contributed by atoms with van der Waals surface area (Å²) in [6.07, 6.45) is 0. The Morgan fingerprint density at radius 3 is 2.60 bits per heavy atom. The molecule has 30 heavy (non-hydrogen) atoms. The Labute approximate surface area is 187 Å². The smallest absolute Gasteiger partial charge is 0.237 e. The Balaban J connectivity index is 1.76. The number of carbonyl (C=O) groups is 1. The second-order valence-electron chi connectivity index (χ2n) is 6.10. The van der Waals surface area contributed by atoms with E-state index in [0.29, 0.717) is 38.8 Å². The second kappa shape index (κ2) is 9.46. The summed E-state index contributed by atoms with van der Waals surface area (Å²) in [7, 11) is 3.10. The molecule has 1 amide bonds. The Morgan fingerprint density at radius 2 is 1.90 bits per heavy atom. The number of nitrogen functional groups attached to an aromatic ring is 1.